The first-order valence-corrected chi connectivity index (χ1v) is 8.10. The average Bonchev–Trinajstić information content (AvgIpc) is 3.25. The highest BCUT2D eigenvalue weighted by Gasteiger charge is 2.24. The molecule has 25 heavy (non-hydrogen) atoms. The molecule has 7 heteroatoms. The van der Waals surface area contributed by atoms with E-state index in [1.54, 1.807) is 4.68 Å². The summed E-state index contributed by atoms with van der Waals surface area (Å²) < 4.78 is 12.7. The highest BCUT2D eigenvalue weighted by atomic mass is 16.7. The van der Waals surface area contributed by atoms with Gasteiger partial charge in [0, 0.05) is 0 Å². The van der Waals surface area contributed by atoms with Crippen LogP contribution in [0.25, 0.3) is 5.69 Å². The molecule has 0 radical (unpaired) electrons. The molecule has 128 valence electrons. The number of tetrazole rings is 1. The van der Waals surface area contributed by atoms with Gasteiger partial charge in [0.25, 0.3) is 0 Å². The summed E-state index contributed by atoms with van der Waals surface area (Å²) in [4.78, 5) is 0. The van der Waals surface area contributed by atoms with Crippen molar-refractivity contribution in [2.45, 2.75) is 19.9 Å². The van der Waals surface area contributed by atoms with Crippen molar-refractivity contribution >= 4 is 0 Å². The lowest BCUT2D eigenvalue weighted by Crippen LogP contribution is -2.22. The Labute approximate surface area is 145 Å². The van der Waals surface area contributed by atoms with Crippen LogP contribution in [0.4, 0.5) is 0 Å². The minimum atomic E-state index is -0.177. The fourth-order valence-electron chi connectivity index (χ4n) is 3.21. The molecule has 3 aromatic rings. The molecule has 2 aromatic carbocycles. The first-order valence-electron chi connectivity index (χ1n) is 8.10. The van der Waals surface area contributed by atoms with Crippen molar-refractivity contribution in [2.75, 3.05) is 13.8 Å². The maximum Gasteiger partial charge on any atom is 0.231 e. The molecule has 7 nitrogen and oxygen atoms in total. The van der Waals surface area contributed by atoms with Gasteiger partial charge in [0.2, 0.25) is 6.79 Å². The van der Waals surface area contributed by atoms with Gasteiger partial charge in [-0.25, -0.2) is 0 Å². The molecule has 2 heterocycles. The zero-order chi connectivity index (χ0) is 17.4. The van der Waals surface area contributed by atoms with Crippen molar-refractivity contribution in [1.82, 2.24) is 25.5 Å². The molecule has 0 aliphatic carbocycles. The lowest BCUT2D eigenvalue weighted by molar-refractivity contribution is 0.174. The second-order valence-corrected chi connectivity index (χ2v) is 6.02. The number of fused-ring (bicyclic) bond motifs is 1. The van der Waals surface area contributed by atoms with E-state index in [4.69, 9.17) is 9.47 Å². The largest absolute Gasteiger partial charge is 0.454 e. The van der Waals surface area contributed by atoms with E-state index in [1.165, 1.54) is 0 Å². The van der Waals surface area contributed by atoms with E-state index >= 15 is 0 Å². The smallest absolute Gasteiger partial charge is 0.231 e. The van der Waals surface area contributed by atoms with Crippen LogP contribution in [0.3, 0.4) is 0 Å². The third kappa shape index (κ3) is 2.62. The first-order chi connectivity index (χ1) is 12.2. The molecule has 0 saturated heterocycles. The number of hydrogen-bond donors (Lipinski definition) is 1. The Balaban J connectivity index is 1.80. The number of nitrogens with zero attached hydrogens (tertiary/aromatic N) is 4. The second kappa shape index (κ2) is 6.18. The van der Waals surface area contributed by atoms with Gasteiger partial charge in [0.1, 0.15) is 0 Å². The maximum absolute atomic E-state index is 5.50. The van der Waals surface area contributed by atoms with Gasteiger partial charge in [-0.05, 0) is 60.1 Å². The van der Waals surface area contributed by atoms with E-state index < -0.39 is 0 Å². The molecule has 1 aliphatic rings. The molecule has 0 fully saturated rings. The Morgan fingerprint density at radius 2 is 1.84 bits per heavy atom. The van der Waals surface area contributed by atoms with Crippen LogP contribution in [0.15, 0.2) is 36.4 Å². The summed E-state index contributed by atoms with van der Waals surface area (Å²) in [5, 5.41) is 15.7. The maximum atomic E-state index is 5.50. The van der Waals surface area contributed by atoms with Crippen molar-refractivity contribution in [3.63, 3.8) is 0 Å². The number of aromatic nitrogens is 4. The van der Waals surface area contributed by atoms with Crippen LogP contribution < -0.4 is 14.8 Å². The van der Waals surface area contributed by atoms with E-state index in [9.17, 15) is 0 Å². The predicted molar refractivity (Wildman–Crippen MR) is 92.1 cm³/mol. The van der Waals surface area contributed by atoms with Gasteiger partial charge in [0.15, 0.2) is 17.3 Å². The van der Waals surface area contributed by atoms with E-state index in [2.05, 4.69) is 46.8 Å². The van der Waals surface area contributed by atoms with Crippen LogP contribution in [-0.2, 0) is 0 Å². The lowest BCUT2D eigenvalue weighted by atomic mass is 10.0. The number of rotatable bonds is 4. The van der Waals surface area contributed by atoms with Crippen molar-refractivity contribution in [3.8, 4) is 17.2 Å². The zero-order valence-electron chi connectivity index (χ0n) is 14.4. The topological polar surface area (TPSA) is 74.1 Å². The minimum absolute atomic E-state index is 0.177. The van der Waals surface area contributed by atoms with Crippen molar-refractivity contribution in [2.24, 2.45) is 0 Å². The monoisotopic (exact) mass is 337 g/mol. The fraction of sp³-hybridized carbons (Fsp3) is 0.278. The molecule has 1 aliphatic heterocycles. The van der Waals surface area contributed by atoms with E-state index in [0.717, 1.165) is 39.7 Å². The van der Waals surface area contributed by atoms with Crippen LogP contribution in [0.5, 0.6) is 11.5 Å². The Hall–Kier alpha value is -2.93. The summed E-state index contributed by atoms with van der Waals surface area (Å²) >= 11 is 0. The number of hydrogen-bond acceptors (Lipinski definition) is 6. The van der Waals surface area contributed by atoms with Crippen LogP contribution in [0.2, 0.25) is 0 Å². The molecule has 4 rings (SSSR count). The Morgan fingerprint density at radius 1 is 1.08 bits per heavy atom. The highest BCUT2D eigenvalue weighted by Crippen LogP contribution is 2.35. The van der Waals surface area contributed by atoms with Crippen LogP contribution in [0.1, 0.15) is 28.6 Å². The van der Waals surface area contributed by atoms with Gasteiger partial charge < -0.3 is 14.8 Å². The zero-order valence-corrected chi connectivity index (χ0v) is 14.4. The second-order valence-electron chi connectivity index (χ2n) is 6.02. The van der Waals surface area contributed by atoms with Gasteiger partial charge >= 0.3 is 0 Å². The van der Waals surface area contributed by atoms with Gasteiger partial charge in [-0.1, -0.05) is 24.3 Å². The van der Waals surface area contributed by atoms with Gasteiger partial charge in [-0.2, -0.15) is 4.68 Å². The summed E-state index contributed by atoms with van der Waals surface area (Å²) in [6.45, 7) is 4.37. The highest BCUT2D eigenvalue weighted by molar-refractivity contribution is 5.49. The summed E-state index contributed by atoms with van der Waals surface area (Å²) in [5.74, 6) is 2.22. The summed E-state index contributed by atoms with van der Waals surface area (Å²) in [7, 11) is 1.89. The molecule has 0 bridgehead atoms. The molecule has 0 amide bonds. The average molecular weight is 337 g/mol. The summed E-state index contributed by atoms with van der Waals surface area (Å²) in [6, 6.07) is 11.8. The molecule has 0 saturated carbocycles. The third-order valence-electron chi connectivity index (χ3n) is 4.42. The van der Waals surface area contributed by atoms with Crippen LogP contribution in [0, 0.1) is 13.8 Å². The Bertz CT molecular complexity index is 901. The number of para-hydroxylation sites is 1. The minimum Gasteiger partial charge on any atom is -0.454 e. The number of ether oxygens (including phenoxy) is 2. The molecule has 1 aromatic heterocycles. The summed E-state index contributed by atoms with van der Waals surface area (Å²) in [6.07, 6.45) is 0. The molecule has 1 N–H and O–H groups in total. The van der Waals surface area contributed by atoms with E-state index in [-0.39, 0.29) is 12.8 Å². The van der Waals surface area contributed by atoms with Crippen LogP contribution in [-0.4, -0.2) is 34.0 Å². The number of nitrogens with one attached hydrogen (secondary N) is 1. The molecule has 1 atom stereocenters. The molecular weight excluding hydrogens is 318 g/mol. The van der Waals surface area contributed by atoms with Crippen molar-refractivity contribution in [1.29, 1.82) is 0 Å². The predicted octanol–water partition coefficient (Wildman–Crippen LogP) is 2.32. The third-order valence-corrected chi connectivity index (χ3v) is 4.42. The molecule has 0 spiro atoms. The molecular formula is C18H19N5O2. The van der Waals surface area contributed by atoms with E-state index in [1.807, 2.05) is 31.3 Å². The van der Waals surface area contributed by atoms with Gasteiger partial charge in [0.05, 0.1) is 11.7 Å². The SMILES string of the molecule is CN[C@@H](c1ccc2c(c1)OCO2)c1nnnn1-c1c(C)cccc1C. The van der Waals surface area contributed by atoms with Crippen LogP contribution >= 0.6 is 0 Å². The number of benzene rings is 2. The van der Waals surface area contributed by atoms with Crippen molar-refractivity contribution in [3.05, 3.63) is 58.9 Å². The first kappa shape index (κ1) is 15.6. The van der Waals surface area contributed by atoms with Gasteiger partial charge in [-0.3, -0.25) is 0 Å². The summed E-state index contributed by atoms with van der Waals surface area (Å²) in [5.41, 5.74) is 4.25. The van der Waals surface area contributed by atoms with E-state index in [0.29, 0.717) is 0 Å². The molecule has 0 unspecified atom stereocenters. The van der Waals surface area contributed by atoms with Gasteiger partial charge in [-0.15, -0.1) is 5.10 Å². The lowest BCUT2D eigenvalue weighted by Gasteiger charge is -2.18. The quantitative estimate of drug-likeness (QED) is 0.787. The fourth-order valence-corrected chi connectivity index (χ4v) is 3.21. The Morgan fingerprint density at radius 3 is 2.60 bits per heavy atom. The van der Waals surface area contributed by atoms with Crippen molar-refractivity contribution < 1.29 is 9.47 Å². The normalized spacial score (nSPS) is 13.9. The Kier molecular flexibility index (Phi) is 3.85. The standard InChI is InChI=1S/C18H19N5O2/c1-11-5-4-6-12(2)17(11)23-18(20-21-22-23)16(19-3)13-7-8-14-15(9-13)25-10-24-14/h4-9,16,19H,10H2,1-3H3/t16-/m0/s1. The number of aryl methyl sites for hydroxylation is 2.